The van der Waals surface area contributed by atoms with Crippen molar-refractivity contribution in [1.29, 1.82) is 0 Å². The Kier molecular flexibility index (Phi) is 5.25. The van der Waals surface area contributed by atoms with E-state index in [0.29, 0.717) is 19.6 Å². The molecule has 0 spiro atoms. The summed E-state index contributed by atoms with van der Waals surface area (Å²) in [4.78, 5) is 33.7. The number of anilines is 1. The molecule has 146 valence electrons. The summed E-state index contributed by atoms with van der Waals surface area (Å²) in [6.07, 6.45) is 3.78. The van der Waals surface area contributed by atoms with Gasteiger partial charge in [0.15, 0.2) is 0 Å². The average molecular weight is 380 g/mol. The van der Waals surface area contributed by atoms with Crippen LogP contribution in [0.1, 0.15) is 18.0 Å². The van der Waals surface area contributed by atoms with E-state index >= 15 is 0 Å². The van der Waals surface area contributed by atoms with E-state index in [1.165, 1.54) is 0 Å². The highest BCUT2D eigenvalue weighted by Gasteiger charge is 2.39. The fourth-order valence-corrected chi connectivity index (χ4v) is 3.96. The van der Waals surface area contributed by atoms with Gasteiger partial charge in [0.2, 0.25) is 11.8 Å². The standard InChI is InChI=1S/C21H24N4O3/c1-28-18-6-4-17(5-7-18)25-14-16(11-20(25)26)21(27)24-10-9-23-13-19(24)15-3-2-8-22-12-15/h2-8,12,16,19,23H,9-11,13-14H2,1H3. The minimum absolute atomic E-state index is 0.0171. The van der Waals surface area contributed by atoms with Crippen molar-refractivity contribution in [2.45, 2.75) is 12.5 Å². The van der Waals surface area contributed by atoms with Crippen LogP contribution in [0.2, 0.25) is 0 Å². The third-order valence-electron chi connectivity index (χ3n) is 5.45. The lowest BCUT2D eigenvalue weighted by molar-refractivity contribution is -0.139. The van der Waals surface area contributed by atoms with Crippen molar-refractivity contribution >= 4 is 17.5 Å². The summed E-state index contributed by atoms with van der Waals surface area (Å²) in [5, 5.41) is 3.35. The van der Waals surface area contributed by atoms with Crippen LogP contribution in [0, 0.1) is 5.92 Å². The summed E-state index contributed by atoms with van der Waals surface area (Å²) >= 11 is 0. The number of benzene rings is 1. The Bertz CT molecular complexity index is 840. The SMILES string of the molecule is COc1ccc(N2CC(C(=O)N3CCNCC3c3cccnc3)CC2=O)cc1. The van der Waals surface area contributed by atoms with E-state index < -0.39 is 0 Å². The van der Waals surface area contributed by atoms with Crippen molar-refractivity contribution in [2.24, 2.45) is 5.92 Å². The number of ether oxygens (including phenoxy) is 1. The second kappa shape index (κ2) is 7.98. The third kappa shape index (κ3) is 3.57. The van der Waals surface area contributed by atoms with Gasteiger partial charge in [-0.05, 0) is 35.9 Å². The molecule has 2 amide bonds. The normalized spacial score (nSPS) is 22.4. The number of piperazine rings is 1. The summed E-state index contributed by atoms with van der Waals surface area (Å²) in [5.74, 6) is 0.436. The van der Waals surface area contributed by atoms with Gasteiger partial charge in [-0.2, -0.15) is 0 Å². The highest BCUT2D eigenvalue weighted by molar-refractivity contribution is 6.00. The Labute approximate surface area is 164 Å². The molecule has 7 nitrogen and oxygen atoms in total. The number of hydrogen-bond donors (Lipinski definition) is 1. The van der Waals surface area contributed by atoms with Gasteiger partial charge in [-0.3, -0.25) is 14.6 Å². The molecule has 0 aliphatic carbocycles. The summed E-state index contributed by atoms with van der Waals surface area (Å²) in [6.45, 7) is 2.49. The van der Waals surface area contributed by atoms with E-state index in [9.17, 15) is 9.59 Å². The van der Waals surface area contributed by atoms with Crippen molar-refractivity contribution in [3.8, 4) is 5.75 Å². The monoisotopic (exact) mass is 380 g/mol. The van der Waals surface area contributed by atoms with Crippen LogP contribution in [-0.4, -0.2) is 55.0 Å². The van der Waals surface area contributed by atoms with Crippen LogP contribution >= 0.6 is 0 Å². The maximum Gasteiger partial charge on any atom is 0.228 e. The zero-order valence-electron chi connectivity index (χ0n) is 15.9. The topological polar surface area (TPSA) is 74.8 Å². The number of aromatic nitrogens is 1. The second-order valence-corrected chi connectivity index (χ2v) is 7.14. The first-order valence-corrected chi connectivity index (χ1v) is 9.53. The Morgan fingerprint density at radius 3 is 2.79 bits per heavy atom. The average Bonchev–Trinajstić information content (AvgIpc) is 3.15. The number of nitrogens with one attached hydrogen (secondary N) is 1. The zero-order chi connectivity index (χ0) is 19.5. The summed E-state index contributed by atoms with van der Waals surface area (Å²) in [5.41, 5.74) is 1.81. The highest BCUT2D eigenvalue weighted by Crippen LogP contribution is 2.30. The largest absolute Gasteiger partial charge is 0.497 e. The predicted octanol–water partition coefficient (Wildman–Crippen LogP) is 1.62. The van der Waals surface area contributed by atoms with Gasteiger partial charge in [0, 0.05) is 50.7 Å². The van der Waals surface area contributed by atoms with Gasteiger partial charge in [-0.1, -0.05) is 6.07 Å². The van der Waals surface area contributed by atoms with Gasteiger partial charge >= 0.3 is 0 Å². The van der Waals surface area contributed by atoms with Gasteiger partial charge in [0.1, 0.15) is 5.75 Å². The van der Waals surface area contributed by atoms with Crippen LogP contribution in [0.3, 0.4) is 0 Å². The maximum atomic E-state index is 13.3. The molecule has 2 aromatic rings. The van der Waals surface area contributed by atoms with Gasteiger partial charge in [-0.25, -0.2) is 0 Å². The van der Waals surface area contributed by atoms with Crippen LogP contribution in [0.4, 0.5) is 5.69 Å². The van der Waals surface area contributed by atoms with E-state index in [4.69, 9.17) is 4.74 Å². The molecule has 4 rings (SSSR count). The van der Waals surface area contributed by atoms with Gasteiger partial charge in [-0.15, -0.1) is 0 Å². The Hall–Kier alpha value is -2.93. The summed E-state index contributed by atoms with van der Waals surface area (Å²) in [6, 6.07) is 11.2. The maximum absolute atomic E-state index is 13.3. The molecule has 0 bridgehead atoms. The molecule has 2 fully saturated rings. The number of nitrogens with zero attached hydrogens (tertiary/aromatic N) is 3. The van der Waals surface area contributed by atoms with Gasteiger partial charge in [0.25, 0.3) is 0 Å². The van der Waals surface area contributed by atoms with E-state index in [1.807, 2.05) is 41.3 Å². The van der Waals surface area contributed by atoms with E-state index in [1.54, 1.807) is 24.4 Å². The molecule has 7 heteroatoms. The molecule has 0 radical (unpaired) electrons. The predicted molar refractivity (Wildman–Crippen MR) is 105 cm³/mol. The lowest BCUT2D eigenvalue weighted by atomic mass is 10.0. The van der Waals surface area contributed by atoms with E-state index in [2.05, 4.69) is 10.3 Å². The van der Waals surface area contributed by atoms with Crippen LogP contribution in [0.5, 0.6) is 5.75 Å². The number of carbonyl (C=O) groups excluding carboxylic acids is 2. The smallest absolute Gasteiger partial charge is 0.228 e. The molecule has 0 saturated carbocycles. The number of hydrogen-bond acceptors (Lipinski definition) is 5. The fourth-order valence-electron chi connectivity index (χ4n) is 3.96. The van der Waals surface area contributed by atoms with Crippen LogP contribution < -0.4 is 15.0 Å². The fraction of sp³-hybridized carbons (Fsp3) is 0.381. The minimum atomic E-state index is -0.327. The first-order valence-electron chi connectivity index (χ1n) is 9.53. The summed E-state index contributed by atoms with van der Waals surface area (Å²) in [7, 11) is 1.61. The molecule has 2 unspecified atom stereocenters. The molecule has 3 heterocycles. The molecule has 28 heavy (non-hydrogen) atoms. The van der Waals surface area contributed by atoms with Crippen molar-refractivity contribution in [1.82, 2.24) is 15.2 Å². The molecule has 2 atom stereocenters. The Morgan fingerprint density at radius 2 is 2.07 bits per heavy atom. The minimum Gasteiger partial charge on any atom is -0.497 e. The van der Waals surface area contributed by atoms with Crippen molar-refractivity contribution in [3.63, 3.8) is 0 Å². The molecular formula is C21H24N4O3. The van der Waals surface area contributed by atoms with Gasteiger partial charge in [0.05, 0.1) is 19.1 Å². The quantitative estimate of drug-likeness (QED) is 0.872. The number of rotatable bonds is 4. The van der Waals surface area contributed by atoms with Crippen LogP contribution in [-0.2, 0) is 9.59 Å². The van der Waals surface area contributed by atoms with Crippen molar-refractivity contribution in [3.05, 3.63) is 54.4 Å². The molecule has 1 aromatic carbocycles. The molecule has 2 aliphatic rings. The molecule has 2 saturated heterocycles. The molecule has 2 aliphatic heterocycles. The number of methoxy groups -OCH3 is 1. The second-order valence-electron chi connectivity index (χ2n) is 7.14. The molecule has 1 aromatic heterocycles. The Morgan fingerprint density at radius 1 is 1.25 bits per heavy atom. The lowest BCUT2D eigenvalue weighted by Gasteiger charge is -2.37. The number of pyridine rings is 1. The Balaban J connectivity index is 1.50. The van der Waals surface area contributed by atoms with Crippen molar-refractivity contribution < 1.29 is 14.3 Å². The third-order valence-corrected chi connectivity index (χ3v) is 5.45. The first-order chi connectivity index (χ1) is 13.7. The molecular weight excluding hydrogens is 356 g/mol. The van der Waals surface area contributed by atoms with Crippen molar-refractivity contribution in [2.75, 3.05) is 38.2 Å². The van der Waals surface area contributed by atoms with E-state index in [-0.39, 0.29) is 30.2 Å². The first kappa shape index (κ1) is 18.4. The lowest BCUT2D eigenvalue weighted by Crippen LogP contribution is -2.50. The number of amides is 2. The van der Waals surface area contributed by atoms with Crippen LogP contribution in [0.25, 0.3) is 0 Å². The number of carbonyl (C=O) groups is 2. The zero-order valence-corrected chi connectivity index (χ0v) is 15.9. The highest BCUT2D eigenvalue weighted by atomic mass is 16.5. The summed E-state index contributed by atoms with van der Waals surface area (Å²) < 4.78 is 5.18. The van der Waals surface area contributed by atoms with E-state index in [0.717, 1.165) is 23.5 Å². The van der Waals surface area contributed by atoms with Gasteiger partial charge < -0.3 is 19.9 Å². The van der Waals surface area contributed by atoms with Crippen LogP contribution in [0.15, 0.2) is 48.8 Å². The molecule has 1 N–H and O–H groups in total.